The zero-order valence-corrected chi connectivity index (χ0v) is 11.0. The maximum Gasteiger partial charge on any atom is 0.142 e. The van der Waals surface area contributed by atoms with Crippen LogP contribution in [0.2, 0.25) is 0 Å². The minimum atomic E-state index is -0.263. The lowest BCUT2D eigenvalue weighted by Gasteiger charge is -2.17. The maximum atomic E-state index is 6.32. The van der Waals surface area contributed by atoms with E-state index in [4.69, 9.17) is 10.5 Å². The van der Waals surface area contributed by atoms with E-state index in [-0.39, 0.29) is 6.04 Å². The van der Waals surface area contributed by atoms with Gasteiger partial charge in [-0.05, 0) is 42.7 Å². The summed E-state index contributed by atoms with van der Waals surface area (Å²) in [5, 5.41) is 0. The van der Waals surface area contributed by atoms with E-state index in [1.54, 1.807) is 13.3 Å². The van der Waals surface area contributed by atoms with Gasteiger partial charge in [0, 0.05) is 6.20 Å². The number of nitrogens with zero attached hydrogens (tertiary/aromatic N) is 1. The molecule has 18 heavy (non-hydrogen) atoms. The van der Waals surface area contributed by atoms with Crippen LogP contribution >= 0.6 is 0 Å². The molecule has 0 saturated carbocycles. The van der Waals surface area contributed by atoms with Gasteiger partial charge in [-0.1, -0.05) is 18.2 Å². The minimum Gasteiger partial charge on any atom is -0.495 e. The quantitative estimate of drug-likeness (QED) is 0.900. The van der Waals surface area contributed by atoms with Gasteiger partial charge >= 0.3 is 0 Å². The largest absolute Gasteiger partial charge is 0.495 e. The molecule has 0 amide bonds. The van der Waals surface area contributed by atoms with Gasteiger partial charge in [-0.2, -0.15) is 0 Å². The molecule has 0 spiro atoms. The van der Waals surface area contributed by atoms with Crippen LogP contribution in [-0.4, -0.2) is 12.1 Å². The van der Waals surface area contributed by atoms with Crippen molar-refractivity contribution in [3.63, 3.8) is 0 Å². The van der Waals surface area contributed by atoms with Gasteiger partial charge in [-0.15, -0.1) is 0 Å². The van der Waals surface area contributed by atoms with Gasteiger partial charge in [-0.25, -0.2) is 0 Å². The van der Waals surface area contributed by atoms with Gasteiger partial charge in [0.05, 0.1) is 13.2 Å². The lowest BCUT2D eigenvalue weighted by molar-refractivity contribution is 0.404. The van der Waals surface area contributed by atoms with Crippen molar-refractivity contribution in [3.8, 4) is 5.75 Å². The number of hydrogen-bond acceptors (Lipinski definition) is 3. The molecule has 0 aliphatic rings. The van der Waals surface area contributed by atoms with Crippen LogP contribution in [0.25, 0.3) is 0 Å². The monoisotopic (exact) mass is 242 g/mol. The van der Waals surface area contributed by atoms with Gasteiger partial charge in [0.25, 0.3) is 0 Å². The standard InChI is InChI=1S/C15H18N2O/c1-10-6-4-7-12(11(10)2)14(16)15-13(18-3)8-5-9-17-15/h4-9,14H,16H2,1-3H3. The number of ether oxygens (including phenoxy) is 1. The van der Waals surface area contributed by atoms with E-state index in [0.29, 0.717) is 0 Å². The number of nitrogens with two attached hydrogens (primary N) is 1. The van der Waals surface area contributed by atoms with E-state index in [9.17, 15) is 0 Å². The third-order valence-corrected chi connectivity index (χ3v) is 3.30. The lowest BCUT2D eigenvalue weighted by atomic mass is 9.95. The molecule has 1 heterocycles. The summed E-state index contributed by atoms with van der Waals surface area (Å²) in [6.45, 7) is 4.17. The summed E-state index contributed by atoms with van der Waals surface area (Å²) in [6.07, 6.45) is 1.74. The summed E-state index contributed by atoms with van der Waals surface area (Å²) >= 11 is 0. The summed E-state index contributed by atoms with van der Waals surface area (Å²) in [4.78, 5) is 4.35. The van der Waals surface area contributed by atoms with Crippen LogP contribution in [0.1, 0.15) is 28.4 Å². The predicted molar refractivity (Wildman–Crippen MR) is 72.7 cm³/mol. The summed E-state index contributed by atoms with van der Waals surface area (Å²) in [7, 11) is 1.64. The zero-order chi connectivity index (χ0) is 13.1. The van der Waals surface area contributed by atoms with Gasteiger partial charge in [0.15, 0.2) is 0 Å². The Morgan fingerprint density at radius 1 is 1.17 bits per heavy atom. The lowest BCUT2D eigenvalue weighted by Crippen LogP contribution is -2.16. The van der Waals surface area contributed by atoms with Crippen molar-refractivity contribution < 1.29 is 4.74 Å². The van der Waals surface area contributed by atoms with Crippen LogP contribution < -0.4 is 10.5 Å². The van der Waals surface area contributed by atoms with Crippen LogP contribution in [-0.2, 0) is 0 Å². The summed E-state index contributed by atoms with van der Waals surface area (Å²) in [6, 6.07) is 9.61. The van der Waals surface area contributed by atoms with E-state index >= 15 is 0 Å². The molecule has 0 saturated heterocycles. The summed E-state index contributed by atoms with van der Waals surface area (Å²) in [5.74, 6) is 0.728. The number of rotatable bonds is 3. The second-order valence-corrected chi connectivity index (χ2v) is 4.36. The maximum absolute atomic E-state index is 6.32. The summed E-state index contributed by atoms with van der Waals surface area (Å²) in [5.41, 5.74) is 10.6. The van der Waals surface area contributed by atoms with Crippen molar-refractivity contribution in [2.24, 2.45) is 5.73 Å². The number of aryl methyl sites for hydroxylation is 1. The molecule has 1 atom stereocenters. The van der Waals surface area contributed by atoms with Crippen LogP contribution in [0.4, 0.5) is 0 Å². The summed E-state index contributed by atoms with van der Waals surface area (Å²) < 4.78 is 5.32. The van der Waals surface area contributed by atoms with Crippen molar-refractivity contribution >= 4 is 0 Å². The molecule has 0 aliphatic carbocycles. The first kappa shape index (κ1) is 12.6. The van der Waals surface area contributed by atoms with Crippen LogP contribution in [0.15, 0.2) is 36.5 Å². The molecule has 1 unspecified atom stereocenters. The van der Waals surface area contributed by atoms with Crippen molar-refractivity contribution in [2.75, 3.05) is 7.11 Å². The number of pyridine rings is 1. The Kier molecular flexibility index (Phi) is 3.63. The van der Waals surface area contributed by atoms with Crippen molar-refractivity contribution in [1.29, 1.82) is 0 Å². The average molecular weight is 242 g/mol. The molecular weight excluding hydrogens is 224 g/mol. The normalized spacial score (nSPS) is 12.2. The second kappa shape index (κ2) is 5.19. The fourth-order valence-corrected chi connectivity index (χ4v) is 2.07. The second-order valence-electron chi connectivity index (χ2n) is 4.36. The first-order valence-electron chi connectivity index (χ1n) is 5.95. The molecule has 2 aromatic rings. The highest BCUT2D eigenvalue weighted by Gasteiger charge is 2.17. The molecule has 2 N–H and O–H groups in total. The number of benzene rings is 1. The average Bonchev–Trinajstić information content (AvgIpc) is 2.41. The Morgan fingerprint density at radius 3 is 2.67 bits per heavy atom. The number of hydrogen-bond donors (Lipinski definition) is 1. The Bertz CT molecular complexity index is 552. The van der Waals surface area contributed by atoms with E-state index in [2.05, 4.69) is 24.9 Å². The molecule has 0 radical (unpaired) electrons. The Balaban J connectivity index is 2.48. The fraction of sp³-hybridized carbons (Fsp3) is 0.267. The highest BCUT2D eigenvalue weighted by Crippen LogP contribution is 2.28. The van der Waals surface area contributed by atoms with Crippen molar-refractivity contribution in [2.45, 2.75) is 19.9 Å². The smallest absolute Gasteiger partial charge is 0.142 e. The molecule has 3 heteroatoms. The van der Waals surface area contributed by atoms with E-state index < -0.39 is 0 Å². The Labute approximate surface area is 108 Å². The topological polar surface area (TPSA) is 48.1 Å². The molecule has 1 aromatic carbocycles. The first-order valence-corrected chi connectivity index (χ1v) is 5.95. The molecule has 0 bridgehead atoms. The highest BCUT2D eigenvalue weighted by molar-refractivity contribution is 5.42. The molecule has 0 aliphatic heterocycles. The van der Waals surface area contributed by atoms with Gasteiger partial charge in [-0.3, -0.25) is 4.98 Å². The molecule has 94 valence electrons. The van der Waals surface area contributed by atoms with E-state index in [1.165, 1.54) is 11.1 Å². The fourth-order valence-electron chi connectivity index (χ4n) is 2.07. The van der Waals surface area contributed by atoms with Crippen LogP contribution in [0.3, 0.4) is 0 Å². The van der Waals surface area contributed by atoms with Crippen LogP contribution in [0, 0.1) is 13.8 Å². The van der Waals surface area contributed by atoms with Crippen molar-refractivity contribution in [3.05, 3.63) is 58.9 Å². The molecule has 2 rings (SSSR count). The van der Waals surface area contributed by atoms with Gasteiger partial charge < -0.3 is 10.5 Å². The van der Waals surface area contributed by atoms with E-state index in [0.717, 1.165) is 17.0 Å². The minimum absolute atomic E-state index is 0.263. The third-order valence-electron chi connectivity index (χ3n) is 3.30. The first-order chi connectivity index (χ1) is 8.65. The van der Waals surface area contributed by atoms with E-state index in [1.807, 2.05) is 24.3 Å². The molecular formula is C15H18N2O. The molecule has 3 nitrogen and oxygen atoms in total. The SMILES string of the molecule is COc1cccnc1C(N)c1cccc(C)c1C. The van der Waals surface area contributed by atoms with Gasteiger partial charge in [0.2, 0.25) is 0 Å². The highest BCUT2D eigenvalue weighted by atomic mass is 16.5. The molecule has 1 aromatic heterocycles. The Hall–Kier alpha value is -1.87. The number of methoxy groups -OCH3 is 1. The third kappa shape index (κ3) is 2.22. The predicted octanol–water partition coefficient (Wildman–Crippen LogP) is 2.76. The van der Waals surface area contributed by atoms with Crippen molar-refractivity contribution in [1.82, 2.24) is 4.98 Å². The Morgan fingerprint density at radius 2 is 1.94 bits per heavy atom. The zero-order valence-electron chi connectivity index (χ0n) is 11.0. The molecule has 0 fully saturated rings. The number of aromatic nitrogens is 1. The van der Waals surface area contributed by atoms with Crippen LogP contribution in [0.5, 0.6) is 5.75 Å². The van der Waals surface area contributed by atoms with Gasteiger partial charge in [0.1, 0.15) is 11.4 Å².